The monoisotopic (exact) mass is 502 g/mol. The van der Waals surface area contributed by atoms with Gasteiger partial charge in [0.2, 0.25) is 0 Å². The van der Waals surface area contributed by atoms with Crippen molar-refractivity contribution in [1.82, 2.24) is 10.3 Å². The van der Waals surface area contributed by atoms with E-state index in [0.717, 1.165) is 0 Å². The molecule has 0 unspecified atom stereocenters. The summed E-state index contributed by atoms with van der Waals surface area (Å²) in [6.07, 6.45) is 3.20. The Morgan fingerprint density at radius 2 is 1.82 bits per heavy atom. The van der Waals surface area contributed by atoms with Crippen LogP contribution in [0.15, 0.2) is 54.9 Å². The zero-order chi connectivity index (χ0) is 24.2. The minimum Gasteiger partial charge on any atom is -0.465 e. The van der Waals surface area contributed by atoms with Gasteiger partial charge in [0.25, 0.3) is 5.91 Å². The Morgan fingerprint density at radius 3 is 2.50 bits per heavy atom. The van der Waals surface area contributed by atoms with Crippen molar-refractivity contribution >= 4 is 46.6 Å². The number of carbonyl (C=O) groups excluding carboxylic acids is 1. The lowest BCUT2D eigenvalue weighted by molar-refractivity contribution is 0.102. The number of pyridine rings is 1. The number of benzene rings is 2. The van der Waals surface area contributed by atoms with E-state index in [-0.39, 0.29) is 17.0 Å². The molecular formula is C24H21Cl2FN4O3. The van der Waals surface area contributed by atoms with Crippen molar-refractivity contribution in [3.05, 3.63) is 76.3 Å². The predicted molar refractivity (Wildman–Crippen MR) is 130 cm³/mol. The average molecular weight is 503 g/mol. The molecule has 2 aromatic carbocycles. The van der Waals surface area contributed by atoms with Crippen molar-refractivity contribution in [3.8, 4) is 11.1 Å². The van der Waals surface area contributed by atoms with Crippen LogP contribution in [0.3, 0.4) is 0 Å². The van der Waals surface area contributed by atoms with Gasteiger partial charge in [0, 0.05) is 46.5 Å². The standard InChI is InChI=1S/C24H21Cl2FN4O3/c25-16-3-1-2-14(8-16)23(32)30-21-13-28-12-20(15-9-17(26)11-18(27)10-15)22(21)31-6-4-19(5-7-31)29-24(33)34/h1-3,8-13,19,29H,4-7H2,(H,30,32)(H,33,34). The molecule has 0 spiro atoms. The molecule has 3 aromatic rings. The molecule has 1 aromatic heterocycles. The van der Waals surface area contributed by atoms with Gasteiger partial charge in [-0.05, 0) is 54.8 Å². The third-order valence-corrected chi connectivity index (χ3v) is 6.02. The van der Waals surface area contributed by atoms with Gasteiger partial charge in [0.1, 0.15) is 5.82 Å². The van der Waals surface area contributed by atoms with Crippen LogP contribution in [0.5, 0.6) is 0 Å². The molecule has 34 heavy (non-hydrogen) atoms. The molecule has 3 N–H and O–H groups in total. The number of hydrogen-bond donors (Lipinski definition) is 3. The Bertz CT molecular complexity index is 1210. The molecular weight excluding hydrogens is 482 g/mol. The first-order chi connectivity index (χ1) is 16.3. The normalized spacial score (nSPS) is 14.0. The van der Waals surface area contributed by atoms with Gasteiger partial charge < -0.3 is 20.6 Å². The van der Waals surface area contributed by atoms with E-state index in [0.29, 0.717) is 59.0 Å². The van der Waals surface area contributed by atoms with Crippen molar-refractivity contribution in [3.63, 3.8) is 0 Å². The topological polar surface area (TPSA) is 94.6 Å². The minimum atomic E-state index is -1.06. The Balaban J connectivity index is 1.72. The molecule has 1 saturated heterocycles. The first-order valence-corrected chi connectivity index (χ1v) is 11.3. The quantitative estimate of drug-likeness (QED) is 0.416. The molecule has 1 aliphatic heterocycles. The number of anilines is 2. The third-order valence-electron chi connectivity index (χ3n) is 5.56. The summed E-state index contributed by atoms with van der Waals surface area (Å²) in [6, 6.07) is 10.6. The van der Waals surface area contributed by atoms with Gasteiger partial charge in [-0.2, -0.15) is 0 Å². The SMILES string of the molecule is O=C(O)NC1CCN(c2c(NC(=O)c3cccc(Cl)c3)cncc2-c2cc(F)cc(Cl)c2)CC1. The zero-order valence-corrected chi connectivity index (χ0v) is 19.4. The van der Waals surface area contributed by atoms with Gasteiger partial charge in [0.05, 0.1) is 17.6 Å². The largest absolute Gasteiger partial charge is 0.465 e. The second-order valence-electron chi connectivity index (χ2n) is 7.92. The summed E-state index contributed by atoms with van der Waals surface area (Å²) in [5.41, 5.74) is 2.57. The van der Waals surface area contributed by atoms with Crippen LogP contribution in [0.25, 0.3) is 11.1 Å². The molecule has 0 radical (unpaired) electrons. The first kappa shape index (κ1) is 23.8. The summed E-state index contributed by atoms with van der Waals surface area (Å²) in [6.45, 7) is 1.04. The van der Waals surface area contributed by atoms with Gasteiger partial charge in [-0.3, -0.25) is 9.78 Å². The number of aromatic nitrogens is 1. The fourth-order valence-corrected chi connectivity index (χ4v) is 4.46. The van der Waals surface area contributed by atoms with E-state index >= 15 is 0 Å². The number of nitrogens with one attached hydrogen (secondary N) is 2. The molecule has 10 heteroatoms. The molecule has 4 rings (SSSR count). The number of nitrogens with zero attached hydrogens (tertiary/aromatic N) is 2. The molecule has 0 bridgehead atoms. The van der Waals surface area contributed by atoms with Crippen molar-refractivity contribution in [2.75, 3.05) is 23.3 Å². The van der Waals surface area contributed by atoms with Crippen molar-refractivity contribution < 1.29 is 19.1 Å². The van der Waals surface area contributed by atoms with Gasteiger partial charge in [-0.25, -0.2) is 9.18 Å². The van der Waals surface area contributed by atoms with Crippen LogP contribution < -0.4 is 15.5 Å². The molecule has 2 amide bonds. The molecule has 7 nitrogen and oxygen atoms in total. The number of halogens is 3. The number of carbonyl (C=O) groups is 2. The Hall–Kier alpha value is -3.36. The molecule has 2 heterocycles. The predicted octanol–water partition coefficient (Wildman–Crippen LogP) is 5.68. The minimum absolute atomic E-state index is 0.174. The van der Waals surface area contributed by atoms with E-state index in [4.69, 9.17) is 28.3 Å². The maximum atomic E-state index is 14.2. The van der Waals surface area contributed by atoms with E-state index in [1.165, 1.54) is 18.3 Å². The van der Waals surface area contributed by atoms with E-state index in [9.17, 15) is 14.0 Å². The summed E-state index contributed by atoms with van der Waals surface area (Å²) in [4.78, 5) is 30.3. The maximum Gasteiger partial charge on any atom is 0.404 e. The second-order valence-corrected chi connectivity index (χ2v) is 8.79. The number of piperidine rings is 1. The molecule has 1 aliphatic rings. The summed E-state index contributed by atoms with van der Waals surface area (Å²) >= 11 is 12.1. The Morgan fingerprint density at radius 1 is 1.06 bits per heavy atom. The van der Waals surface area contributed by atoms with Gasteiger partial charge in [-0.1, -0.05) is 29.3 Å². The lowest BCUT2D eigenvalue weighted by atomic mass is 10.00. The zero-order valence-electron chi connectivity index (χ0n) is 17.9. The average Bonchev–Trinajstić information content (AvgIpc) is 2.78. The highest BCUT2D eigenvalue weighted by atomic mass is 35.5. The number of hydrogen-bond acceptors (Lipinski definition) is 4. The van der Waals surface area contributed by atoms with Crippen molar-refractivity contribution in [1.29, 1.82) is 0 Å². The van der Waals surface area contributed by atoms with Crippen LogP contribution in [0.2, 0.25) is 10.0 Å². The lowest BCUT2D eigenvalue weighted by Gasteiger charge is -2.35. The molecule has 0 saturated carbocycles. The Kier molecular flexibility index (Phi) is 7.19. The van der Waals surface area contributed by atoms with E-state index in [2.05, 4.69) is 15.6 Å². The molecule has 0 aliphatic carbocycles. The summed E-state index contributed by atoms with van der Waals surface area (Å²) in [5.74, 6) is -0.867. The van der Waals surface area contributed by atoms with Gasteiger partial charge in [-0.15, -0.1) is 0 Å². The van der Waals surface area contributed by atoms with Crippen molar-refractivity contribution in [2.45, 2.75) is 18.9 Å². The highest BCUT2D eigenvalue weighted by Gasteiger charge is 2.26. The van der Waals surface area contributed by atoms with Crippen LogP contribution in [-0.2, 0) is 0 Å². The molecule has 0 atom stereocenters. The van der Waals surface area contributed by atoms with E-state index in [1.54, 1.807) is 36.5 Å². The van der Waals surface area contributed by atoms with Crippen LogP contribution in [0, 0.1) is 5.82 Å². The number of carboxylic acid groups (broad SMARTS) is 1. The maximum absolute atomic E-state index is 14.2. The second kappa shape index (κ2) is 10.3. The fraction of sp³-hybridized carbons (Fsp3) is 0.208. The van der Waals surface area contributed by atoms with Crippen LogP contribution in [0.1, 0.15) is 23.2 Å². The van der Waals surface area contributed by atoms with Crippen LogP contribution in [0.4, 0.5) is 20.6 Å². The van der Waals surface area contributed by atoms with E-state index < -0.39 is 11.9 Å². The highest BCUT2D eigenvalue weighted by Crippen LogP contribution is 2.39. The summed E-state index contributed by atoms with van der Waals surface area (Å²) in [5, 5.41) is 15.1. The molecule has 176 valence electrons. The number of amides is 2. The fourth-order valence-electron chi connectivity index (χ4n) is 4.05. The van der Waals surface area contributed by atoms with Crippen molar-refractivity contribution in [2.24, 2.45) is 0 Å². The summed E-state index contributed by atoms with van der Waals surface area (Å²) < 4.78 is 14.2. The van der Waals surface area contributed by atoms with Gasteiger partial charge >= 0.3 is 6.09 Å². The smallest absolute Gasteiger partial charge is 0.404 e. The van der Waals surface area contributed by atoms with Crippen LogP contribution in [-0.4, -0.2) is 41.2 Å². The highest BCUT2D eigenvalue weighted by molar-refractivity contribution is 6.31. The van der Waals surface area contributed by atoms with Crippen LogP contribution >= 0.6 is 23.2 Å². The molecule has 1 fully saturated rings. The number of rotatable bonds is 5. The lowest BCUT2D eigenvalue weighted by Crippen LogP contribution is -2.44. The Labute approximate surface area is 205 Å². The van der Waals surface area contributed by atoms with E-state index in [1.807, 2.05) is 4.90 Å². The van der Waals surface area contributed by atoms with Gasteiger partial charge in [0.15, 0.2) is 0 Å². The summed E-state index contributed by atoms with van der Waals surface area (Å²) in [7, 11) is 0. The third kappa shape index (κ3) is 5.58. The first-order valence-electron chi connectivity index (χ1n) is 10.6.